The van der Waals surface area contributed by atoms with Gasteiger partial charge >= 0.3 is 0 Å². The first-order valence-electron chi connectivity index (χ1n) is 8.12. The minimum absolute atomic E-state index is 0.190. The van der Waals surface area contributed by atoms with Crippen molar-refractivity contribution in [2.45, 2.75) is 18.9 Å². The molecule has 0 radical (unpaired) electrons. The zero-order valence-electron chi connectivity index (χ0n) is 14.3. The van der Waals surface area contributed by atoms with Crippen LogP contribution in [-0.4, -0.2) is 43.3 Å². The number of nitrogens with one attached hydrogen (secondary N) is 1. The number of aromatic nitrogens is 2. The molecule has 2 heterocycles. The number of nitrogens with two attached hydrogens (primary N) is 1. The molecule has 1 unspecified atom stereocenters. The highest BCUT2D eigenvalue weighted by atomic mass is 35.5. The third-order valence-corrected chi connectivity index (χ3v) is 4.36. The van der Waals surface area contributed by atoms with Gasteiger partial charge in [0.15, 0.2) is 0 Å². The predicted molar refractivity (Wildman–Crippen MR) is 99.9 cm³/mol. The summed E-state index contributed by atoms with van der Waals surface area (Å²) in [5.41, 5.74) is 6.67. The van der Waals surface area contributed by atoms with Crippen LogP contribution < -0.4 is 25.4 Å². The molecule has 0 bridgehead atoms. The van der Waals surface area contributed by atoms with E-state index < -0.39 is 0 Å². The van der Waals surface area contributed by atoms with Gasteiger partial charge in [0.05, 0.1) is 14.2 Å². The van der Waals surface area contributed by atoms with E-state index >= 15 is 0 Å². The second-order valence-electron chi connectivity index (χ2n) is 5.94. The summed E-state index contributed by atoms with van der Waals surface area (Å²) in [6.45, 7) is 1.71. The van der Waals surface area contributed by atoms with E-state index in [2.05, 4.69) is 20.2 Å². The average molecular weight is 364 g/mol. The quantitative estimate of drug-likeness (QED) is 0.790. The van der Waals surface area contributed by atoms with Crippen molar-refractivity contribution < 1.29 is 9.47 Å². The zero-order chi connectivity index (χ0) is 17.8. The molecule has 0 aliphatic carbocycles. The predicted octanol–water partition coefficient (Wildman–Crippen LogP) is 2.81. The van der Waals surface area contributed by atoms with Crippen LogP contribution in [0.5, 0.6) is 11.5 Å². The smallest absolute Gasteiger partial charge is 0.223 e. The molecule has 7 nitrogen and oxygen atoms in total. The number of anilines is 3. The first-order valence-corrected chi connectivity index (χ1v) is 8.50. The number of nitrogens with zero attached hydrogens (tertiary/aromatic N) is 3. The molecule has 1 aromatic heterocycles. The summed E-state index contributed by atoms with van der Waals surface area (Å²) in [5, 5.41) is 3.91. The summed E-state index contributed by atoms with van der Waals surface area (Å²) >= 11 is 6.00. The lowest BCUT2D eigenvalue weighted by Gasteiger charge is -2.34. The number of piperidine rings is 1. The van der Waals surface area contributed by atoms with Gasteiger partial charge in [0.25, 0.3) is 0 Å². The van der Waals surface area contributed by atoms with Crippen LogP contribution in [0.2, 0.25) is 5.15 Å². The second-order valence-corrected chi connectivity index (χ2v) is 6.33. The number of hydrogen-bond acceptors (Lipinski definition) is 7. The molecule has 1 saturated heterocycles. The molecular weight excluding hydrogens is 342 g/mol. The number of ether oxygens (including phenoxy) is 2. The first-order chi connectivity index (χ1) is 12.1. The van der Waals surface area contributed by atoms with Crippen LogP contribution in [0.25, 0.3) is 0 Å². The normalized spacial score (nSPS) is 17.2. The minimum atomic E-state index is 0.190. The third kappa shape index (κ3) is 4.36. The molecule has 3 rings (SSSR count). The summed E-state index contributed by atoms with van der Waals surface area (Å²) in [6, 6.07) is 7.78. The SMILES string of the molecule is COc1cc(NC2CCCN(c3cc(Cl)nc(N)n3)C2)cc(OC)c1. The van der Waals surface area contributed by atoms with Crippen molar-refractivity contribution in [1.82, 2.24) is 9.97 Å². The fraction of sp³-hybridized carbons (Fsp3) is 0.412. The van der Waals surface area contributed by atoms with Gasteiger partial charge in [-0.1, -0.05) is 11.6 Å². The number of benzene rings is 1. The molecule has 8 heteroatoms. The molecule has 3 N–H and O–H groups in total. The Morgan fingerprint density at radius 2 is 1.88 bits per heavy atom. The van der Waals surface area contributed by atoms with Gasteiger partial charge in [-0.2, -0.15) is 4.98 Å². The zero-order valence-corrected chi connectivity index (χ0v) is 15.1. The summed E-state index contributed by atoms with van der Waals surface area (Å²) in [5.74, 6) is 2.46. The Hall–Kier alpha value is -2.41. The molecule has 2 aromatic rings. The maximum Gasteiger partial charge on any atom is 0.223 e. The topological polar surface area (TPSA) is 85.5 Å². The number of rotatable bonds is 5. The van der Waals surface area contributed by atoms with Crippen molar-refractivity contribution in [3.05, 3.63) is 29.4 Å². The molecule has 1 aromatic carbocycles. The monoisotopic (exact) mass is 363 g/mol. The fourth-order valence-electron chi connectivity index (χ4n) is 3.01. The highest BCUT2D eigenvalue weighted by molar-refractivity contribution is 6.29. The molecule has 1 atom stereocenters. The fourth-order valence-corrected chi connectivity index (χ4v) is 3.20. The van der Waals surface area contributed by atoms with Gasteiger partial charge in [-0.3, -0.25) is 0 Å². The maximum absolute atomic E-state index is 6.00. The largest absolute Gasteiger partial charge is 0.497 e. The van der Waals surface area contributed by atoms with Crippen LogP contribution in [0, 0.1) is 0 Å². The minimum Gasteiger partial charge on any atom is -0.497 e. The maximum atomic E-state index is 6.00. The van der Waals surface area contributed by atoms with E-state index in [1.807, 2.05) is 18.2 Å². The van der Waals surface area contributed by atoms with Crippen molar-refractivity contribution >= 4 is 29.1 Å². The molecule has 0 spiro atoms. The molecule has 1 fully saturated rings. The van der Waals surface area contributed by atoms with E-state index in [-0.39, 0.29) is 12.0 Å². The summed E-state index contributed by atoms with van der Waals surface area (Å²) in [6.07, 6.45) is 2.10. The van der Waals surface area contributed by atoms with Crippen LogP contribution in [0.15, 0.2) is 24.3 Å². The van der Waals surface area contributed by atoms with Crippen LogP contribution >= 0.6 is 11.6 Å². The van der Waals surface area contributed by atoms with Gasteiger partial charge in [-0.25, -0.2) is 4.98 Å². The Balaban J connectivity index is 1.73. The van der Waals surface area contributed by atoms with E-state index in [0.29, 0.717) is 5.15 Å². The van der Waals surface area contributed by atoms with Gasteiger partial charge in [0.2, 0.25) is 5.95 Å². The van der Waals surface area contributed by atoms with Crippen LogP contribution in [-0.2, 0) is 0 Å². The standard InChI is InChI=1S/C17H22ClN5O2/c1-24-13-6-12(7-14(8-13)25-2)20-11-4-3-5-23(10-11)16-9-15(18)21-17(19)22-16/h6-9,11,20H,3-5,10H2,1-2H3,(H2,19,21,22). The number of nitrogen functional groups attached to an aromatic ring is 1. The number of hydrogen-bond donors (Lipinski definition) is 2. The van der Waals surface area contributed by atoms with Crippen molar-refractivity contribution in [1.29, 1.82) is 0 Å². The lowest BCUT2D eigenvalue weighted by atomic mass is 10.1. The van der Waals surface area contributed by atoms with Crippen molar-refractivity contribution in [3.63, 3.8) is 0 Å². The van der Waals surface area contributed by atoms with Gasteiger partial charge in [0, 0.05) is 49.1 Å². The Kier molecular flexibility index (Phi) is 5.33. The van der Waals surface area contributed by atoms with E-state index in [4.69, 9.17) is 26.8 Å². The van der Waals surface area contributed by atoms with Gasteiger partial charge in [-0.05, 0) is 12.8 Å². The molecule has 0 amide bonds. The number of halogens is 1. The molecule has 0 saturated carbocycles. The van der Waals surface area contributed by atoms with E-state index in [9.17, 15) is 0 Å². The van der Waals surface area contributed by atoms with E-state index in [1.165, 1.54) is 0 Å². The highest BCUT2D eigenvalue weighted by Crippen LogP contribution is 2.28. The van der Waals surface area contributed by atoms with Crippen LogP contribution in [0.3, 0.4) is 0 Å². The Morgan fingerprint density at radius 3 is 2.52 bits per heavy atom. The van der Waals surface area contributed by atoms with Gasteiger partial charge in [0.1, 0.15) is 22.5 Å². The number of methoxy groups -OCH3 is 2. The molecule has 1 aliphatic heterocycles. The lowest BCUT2D eigenvalue weighted by Crippen LogP contribution is -2.42. The second kappa shape index (κ2) is 7.65. The van der Waals surface area contributed by atoms with Gasteiger partial charge in [-0.15, -0.1) is 0 Å². The molecule has 25 heavy (non-hydrogen) atoms. The van der Waals surface area contributed by atoms with E-state index in [1.54, 1.807) is 20.3 Å². The van der Waals surface area contributed by atoms with Gasteiger partial charge < -0.3 is 25.4 Å². The molecule has 134 valence electrons. The Morgan fingerprint density at radius 1 is 1.16 bits per heavy atom. The average Bonchev–Trinajstić information content (AvgIpc) is 2.60. The van der Waals surface area contributed by atoms with Crippen LogP contribution in [0.1, 0.15) is 12.8 Å². The van der Waals surface area contributed by atoms with Crippen molar-refractivity contribution in [2.75, 3.05) is 43.3 Å². The Labute approximate surface area is 152 Å². The van der Waals surface area contributed by atoms with E-state index in [0.717, 1.165) is 48.9 Å². The highest BCUT2D eigenvalue weighted by Gasteiger charge is 2.22. The molecular formula is C17H22ClN5O2. The lowest BCUT2D eigenvalue weighted by molar-refractivity contribution is 0.394. The first kappa shape index (κ1) is 17.4. The molecule has 1 aliphatic rings. The van der Waals surface area contributed by atoms with Crippen molar-refractivity contribution in [2.24, 2.45) is 0 Å². The summed E-state index contributed by atoms with van der Waals surface area (Å²) < 4.78 is 10.7. The Bertz CT molecular complexity index is 700. The van der Waals surface area contributed by atoms with Crippen LogP contribution in [0.4, 0.5) is 17.5 Å². The summed E-state index contributed by atoms with van der Waals surface area (Å²) in [7, 11) is 3.29. The summed E-state index contributed by atoms with van der Waals surface area (Å²) in [4.78, 5) is 10.4. The third-order valence-electron chi connectivity index (χ3n) is 4.17. The van der Waals surface area contributed by atoms with Crippen molar-refractivity contribution in [3.8, 4) is 11.5 Å².